The lowest BCUT2D eigenvalue weighted by Crippen LogP contribution is -2.30. The van der Waals surface area contributed by atoms with E-state index in [4.69, 9.17) is 5.11 Å². The number of aliphatic carboxylic acids is 1. The van der Waals surface area contributed by atoms with Gasteiger partial charge >= 0.3 is 5.97 Å². The first-order chi connectivity index (χ1) is 14.0. The van der Waals surface area contributed by atoms with Crippen molar-refractivity contribution >= 4 is 5.97 Å². The van der Waals surface area contributed by atoms with Crippen LogP contribution in [0.5, 0.6) is 0 Å². The van der Waals surface area contributed by atoms with E-state index in [1.807, 2.05) is 48.6 Å². The molecule has 6 nitrogen and oxygen atoms in total. The number of benzene rings is 1. The van der Waals surface area contributed by atoms with E-state index in [-0.39, 0.29) is 24.3 Å². The van der Waals surface area contributed by atoms with Gasteiger partial charge < -0.3 is 20.5 Å². The van der Waals surface area contributed by atoms with Crippen LogP contribution in [0.2, 0.25) is 0 Å². The lowest BCUT2D eigenvalue weighted by Gasteiger charge is -2.21. The van der Waals surface area contributed by atoms with Crippen molar-refractivity contribution in [3.8, 4) is 0 Å². The third-order valence-corrected chi connectivity index (χ3v) is 5.58. The van der Waals surface area contributed by atoms with Gasteiger partial charge in [-0.25, -0.2) is 5.48 Å². The van der Waals surface area contributed by atoms with E-state index in [0.29, 0.717) is 32.1 Å². The summed E-state index contributed by atoms with van der Waals surface area (Å²) in [5, 5.41) is 38.8. The van der Waals surface area contributed by atoms with Crippen molar-refractivity contribution in [1.29, 1.82) is 0 Å². The van der Waals surface area contributed by atoms with Gasteiger partial charge in [-0.3, -0.25) is 4.79 Å². The molecule has 0 bridgehead atoms. The average Bonchev–Trinajstić information content (AvgIpc) is 3.02. The van der Waals surface area contributed by atoms with Crippen molar-refractivity contribution in [3.05, 3.63) is 60.2 Å². The Hall–Kier alpha value is -1.99. The molecular formula is C23H33NO5. The van der Waals surface area contributed by atoms with Gasteiger partial charge in [-0.15, -0.1) is 0 Å². The molecule has 5 unspecified atom stereocenters. The Morgan fingerprint density at radius 2 is 2.00 bits per heavy atom. The molecule has 0 amide bonds. The van der Waals surface area contributed by atoms with Gasteiger partial charge in [0.05, 0.1) is 12.2 Å². The lowest BCUT2D eigenvalue weighted by molar-refractivity contribution is -0.137. The van der Waals surface area contributed by atoms with Crippen LogP contribution in [0.3, 0.4) is 0 Å². The van der Waals surface area contributed by atoms with Crippen LogP contribution < -0.4 is 5.48 Å². The second-order valence-electron chi connectivity index (χ2n) is 7.75. The Morgan fingerprint density at radius 3 is 2.69 bits per heavy atom. The van der Waals surface area contributed by atoms with Gasteiger partial charge in [-0.2, -0.15) is 0 Å². The summed E-state index contributed by atoms with van der Waals surface area (Å²) in [4.78, 5) is 10.5. The highest BCUT2D eigenvalue weighted by molar-refractivity contribution is 5.66. The Bertz CT molecular complexity index is 660. The summed E-state index contributed by atoms with van der Waals surface area (Å²) in [6, 6.07) is 9.74. The second-order valence-corrected chi connectivity index (χ2v) is 7.75. The maximum atomic E-state index is 10.5. The van der Waals surface area contributed by atoms with E-state index in [0.717, 1.165) is 6.42 Å². The normalized spacial score (nSPS) is 25.8. The Labute approximate surface area is 172 Å². The summed E-state index contributed by atoms with van der Waals surface area (Å²) >= 11 is 0. The van der Waals surface area contributed by atoms with Crippen LogP contribution in [0.1, 0.15) is 44.1 Å². The number of carboxylic acids is 1. The van der Waals surface area contributed by atoms with Crippen molar-refractivity contribution in [3.63, 3.8) is 0 Å². The summed E-state index contributed by atoms with van der Waals surface area (Å²) in [6.45, 7) is 0. The summed E-state index contributed by atoms with van der Waals surface area (Å²) in [5.74, 6) is -0.949. The first kappa shape index (κ1) is 23.3. The minimum absolute atomic E-state index is 0.0621. The monoisotopic (exact) mass is 403 g/mol. The molecule has 1 fully saturated rings. The first-order valence-electron chi connectivity index (χ1n) is 10.4. The predicted octanol–water partition coefficient (Wildman–Crippen LogP) is 3.08. The number of rotatable bonds is 12. The minimum atomic E-state index is -0.794. The predicted molar refractivity (Wildman–Crippen MR) is 111 cm³/mol. The molecule has 6 heteroatoms. The fourth-order valence-electron chi connectivity index (χ4n) is 3.93. The van der Waals surface area contributed by atoms with Crippen LogP contribution in [0.25, 0.3) is 0 Å². The fraction of sp³-hybridized carbons (Fsp3) is 0.522. The molecular weight excluding hydrogens is 370 g/mol. The minimum Gasteiger partial charge on any atom is -0.481 e. The summed E-state index contributed by atoms with van der Waals surface area (Å²) in [7, 11) is 0. The molecule has 0 saturated heterocycles. The number of aryl methyl sites for hydroxylation is 1. The van der Waals surface area contributed by atoms with E-state index >= 15 is 0 Å². The van der Waals surface area contributed by atoms with E-state index in [9.17, 15) is 20.2 Å². The van der Waals surface area contributed by atoms with E-state index in [2.05, 4.69) is 5.48 Å². The summed E-state index contributed by atoms with van der Waals surface area (Å²) < 4.78 is 0. The second kappa shape index (κ2) is 12.5. The molecule has 0 aromatic heterocycles. The number of aliphatic hydroxyl groups excluding tert-OH is 2. The van der Waals surface area contributed by atoms with Crippen molar-refractivity contribution in [2.45, 2.75) is 63.2 Å². The quantitative estimate of drug-likeness (QED) is 0.208. The van der Waals surface area contributed by atoms with Crippen LogP contribution in [-0.2, 0) is 11.2 Å². The van der Waals surface area contributed by atoms with Crippen LogP contribution in [0.4, 0.5) is 0 Å². The van der Waals surface area contributed by atoms with Gasteiger partial charge in [-0.05, 0) is 50.0 Å². The third-order valence-electron chi connectivity index (χ3n) is 5.58. The van der Waals surface area contributed by atoms with Crippen molar-refractivity contribution < 1.29 is 25.3 Å². The maximum Gasteiger partial charge on any atom is 0.303 e. The Kier molecular flexibility index (Phi) is 10.1. The zero-order chi connectivity index (χ0) is 21.1. The number of aliphatic hydroxyl groups is 2. The van der Waals surface area contributed by atoms with Crippen LogP contribution >= 0.6 is 0 Å². The molecule has 0 heterocycles. The molecule has 1 aliphatic carbocycles. The van der Waals surface area contributed by atoms with Gasteiger partial charge in [0, 0.05) is 18.4 Å². The molecule has 0 aliphatic heterocycles. The molecule has 0 spiro atoms. The van der Waals surface area contributed by atoms with Crippen molar-refractivity contribution in [2.75, 3.05) is 0 Å². The SMILES string of the molecule is O=C(O)CCC/C=C\CC1C(O)CC(NO)C1/C=C/C(O)CCc1ccccc1. The van der Waals surface area contributed by atoms with Crippen molar-refractivity contribution in [2.24, 2.45) is 11.8 Å². The summed E-state index contributed by atoms with van der Waals surface area (Å²) in [5.41, 5.74) is 3.47. The number of carboxylic acid groups (broad SMARTS) is 1. The van der Waals surface area contributed by atoms with Gasteiger partial charge in [-0.1, -0.05) is 54.6 Å². The number of unbranched alkanes of at least 4 members (excludes halogenated alkanes) is 1. The van der Waals surface area contributed by atoms with Gasteiger partial charge in [0.25, 0.3) is 0 Å². The fourth-order valence-corrected chi connectivity index (χ4v) is 3.93. The molecule has 1 aliphatic rings. The number of hydrogen-bond donors (Lipinski definition) is 5. The van der Waals surface area contributed by atoms with Crippen LogP contribution in [0.15, 0.2) is 54.6 Å². The number of hydroxylamine groups is 1. The topological polar surface area (TPSA) is 110 Å². The highest BCUT2D eigenvalue weighted by Crippen LogP contribution is 2.36. The highest BCUT2D eigenvalue weighted by Gasteiger charge is 2.40. The van der Waals surface area contributed by atoms with Gasteiger partial charge in [0.15, 0.2) is 0 Å². The largest absolute Gasteiger partial charge is 0.481 e. The van der Waals surface area contributed by atoms with Crippen molar-refractivity contribution in [1.82, 2.24) is 5.48 Å². The number of nitrogens with one attached hydrogen (secondary N) is 1. The molecule has 1 aromatic carbocycles. The van der Waals surface area contributed by atoms with Gasteiger partial charge in [0.1, 0.15) is 0 Å². The lowest BCUT2D eigenvalue weighted by atomic mass is 9.89. The van der Waals surface area contributed by atoms with Crippen LogP contribution in [-0.4, -0.2) is 44.7 Å². The molecule has 29 heavy (non-hydrogen) atoms. The molecule has 5 atom stereocenters. The maximum absolute atomic E-state index is 10.5. The molecule has 160 valence electrons. The molecule has 2 rings (SSSR count). The first-order valence-corrected chi connectivity index (χ1v) is 10.4. The number of allylic oxidation sites excluding steroid dienone is 2. The Balaban J connectivity index is 1.87. The van der Waals surface area contributed by atoms with Crippen LogP contribution in [0, 0.1) is 11.8 Å². The zero-order valence-electron chi connectivity index (χ0n) is 16.7. The third kappa shape index (κ3) is 8.11. The van der Waals surface area contributed by atoms with E-state index in [1.54, 1.807) is 6.08 Å². The molecule has 0 radical (unpaired) electrons. The average molecular weight is 404 g/mol. The number of hydrogen-bond acceptors (Lipinski definition) is 5. The number of carbonyl (C=O) groups is 1. The zero-order valence-corrected chi connectivity index (χ0v) is 16.7. The Morgan fingerprint density at radius 1 is 1.24 bits per heavy atom. The molecule has 5 N–H and O–H groups in total. The summed E-state index contributed by atoms with van der Waals surface area (Å²) in [6.07, 6.45) is 10.4. The van der Waals surface area contributed by atoms with Gasteiger partial charge in [0.2, 0.25) is 0 Å². The molecule has 1 aromatic rings. The van der Waals surface area contributed by atoms with E-state index < -0.39 is 18.2 Å². The van der Waals surface area contributed by atoms with E-state index in [1.165, 1.54) is 5.56 Å². The molecule has 1 saturated carbocycles. The standard InChI is InChI=1S/C23H33NO5/c25-18(13-12-17-8-4-3-5-9-17)14-15-19-20(22(26)16-21(19)24-29)10-6-1-2-7-11-23(27)28/h1,3-6,8-9,14-15,18-22,24-26,29H,2,7,10-13,16H2,(H,27,28)/b6-1-,15-14+. The smallest absolute Gasteiger partial charge is 0.303 e. The highest BCUT2D eigenvalue weighted by atomic mass is 16.5.